The number of rotatable bonds is 5. The highest BCUT2D eigenvalue weighted by Crippen LogP contribution is 2.29. The van der Waals surface area contributed by atoms with Gasteiger partial charge < -0.3 is 14.4 Å². The van der Waals surface area contributed by atoms with Gasteiger partial charge in [-0.25, -0.2) is 16.8 Å². The van der Waals surface area contributed by atoms with E-state index in [1.54, 1.807) is 39.1 Å². The Morgan fingerprint density at radius 3 is 2.35 bits per heavy atom. The SMILES string of the molecule is CO[C@H]1CN(C)C(=O)c2ccc(NS(=O)(=O)c3ccccc3C)cc2OC[C@@H](C)N(S(C)(=O)=O)C[C@@H]1C. The van der Waals surface area contributed by atoms with Crippen LogP contribution in [0, 0.1) is 12.8 Å². The molecule has 1 heterocycles. The monoisotopic (exact) mass is 553 g/mol. The highest BCUT2D eigenvalue weighted by molar-refractivity contribution is 7.92. The number of hydrogen-bond donors (Lipinski definition) is 1. The first-order valence-electron chi connectivity index (χ1n) is 11.8. The average molecular weight is 554 g/mol. The summed E-state index contributed by atoms with van der Waals surface area (Å²) in [5, 5.41) is 0. The van der Waals surface area contributed by atoms with Gasteiger partial charge in [0.15, 0.2) is 0 Å². The molecule has 2 aromatic rings. The number of nitrogens with one attached hydrogen (secondary N) is 1. The van der Waals surface area contributed by atoms with E-state index in [1.165, 1.54) is 40.6 Å². The Morgan fingerprint density at radius 1 is 1.05 bits per heavy atom. The van der Waals surface area contributed by atoms with E-state index in [2.05, 4.69) is 4.72 Å². The lowest BCUT2D eigenvalue weighted by atomic mass is 10.0. The second kappa shape index (κ2) is 11.4. The van der Waals surface area contributed by atoms with Gasteiger partial charge in [0, 0.05) is 33.3 Å². The van der Waals surface area contributed by atoms with Crippen LogP contribution < -0.4 is 9.46 Å². The van der Waals surface area contributed by atoms with Crippen LogP contribution in [0.4, 0.5) is 5.69 Å². The third kappa shape index (κ3) is 6.81. The maximum absolute atomic E-state index is 13.3. The van der Waals surface area contributed by atoms with E-state index in [4.69, 9.17) is 9.47 Å². The lowest BCUT2D eigenvalue weighted by molar-refractivity contribution is 0.0213. The third-order valence-corrected chi connectivity index (χ3v) is 9.35. The second-order valence-electron chi connectivity index (χ2n) is 9.51. The van der Waals surface area contributed by atoms with Gasteiger partial charge in [-0.15, -0.1) is 0 Å². The fourth-order valence-corrected chi connectivity index (χ4v) is 6.85. The Bertz CT molecular complexity index is 1350. The first kappa shape index (κ1) is 28.9. The van der Waals surface area contributed by atoms with E-state index in [0.717, 1.165) is 6.26 Å². The van der Waals surface area contributed by atoms with Crippen LogP contribution in [-0.4, -0.2) is 84.2 Å². The van der Waals surface area contributed by atoms with Crippen LogP contribution in [0.5, 0.6) is 5.75 Å². The molecular weight excluding hydrogens is 518 g/mol. The van der Waals surface area contributed by atoms with Crippen molar-refractivity contribution in [1.82, 2.24) is 9.21 Å². The van der Waals surface area contributed by atoms with Crippen molar-refractivity contribution in [3.63, 3.8) is 0 Å². The van der Waals surface area contributed by atoms with Crippen LogP contribution in [0.1, 0.15) is 29.8 Å². The van der Waals surface area contributed by atoms with E-state index < -0.39 is 32.2 Å². The number of benzene rings is 2. The topological polar surface area (TPSA) is 122 Å². The summed E-state index contributed by atoms with van der Waals surface area (Å²) in [4.78, 5) is 15.0. The van der Waals surface area contributed by atoms with E-state index >= 15 is 0 Å². The molecule has 1 aliphatic heterocycles. The molecule has 10 nitrogen and oxygen atoms in total. The zero-order valence-corrected chi connectivity index (χ0v) is 23.6. The van der Waals surface area contributed by atoms with Gasteiger partial charge >= 0.3 is 0 Å². The summed E-state index contributed by atoms with van der Waals surface area (Å²) in [7, 11) is -4.31. The van der Waals surface area contributed by atoms with Crippen molar-refractivity contribution in [2.75, 3.05) is 44.8 Å². The van der Waals surface area contributed by atoms with E-state index in [1.807, 2.05) is 6.92 Å². The minimum absolute atomic E-state index is 0.0462. The molecule has 2 aromatic carbocycles. The number of ether oxygens (including phenoxy) is 2. The summed E-state index contributed by atoms with van der Waals surface area (Å²) in [6.45, 7) is 5.67. The van der Waals surface area contributed by atoms with Gasteiger partial charge in [-0.3, -0.25) is 9.52 Å². The third-order valence-electron chi connectivity index (χ3n) is 6.45. The van der Waals surface area contributed by atoms with Crippen molar-refractivity contribution in [2.45, 2.75) is 37.8 Å². The maximum atomic E-state index is 13.3. The molecule has 1 aliphatic rings. The van der Waals surface area contributed by atoms with E-state index in [9.17, 15) is 21.6 Å². The normalized spacial score (nSPS) is 22.4. The number of nitrogens with zero attached hydrogens (tertiary/aromatic N) is 2. The summed E-state index contributed by atoms with van der Waals surface area (Å²) in [5.74, 6) is -0.384. The molecule has 12 heteroatoms. The molecule has 204 valence electrons. The average Bonchev–Trinajstić information content (AvgIpc) is 2.82. The predicted octanol–water partition coefficient (Wildman–Crippen LogP) is 2.56. The number of carbonyl (C=O) groups is 1. The summed E-state index contributed by atoms with van der Waals surface area (Å²) < 4.78 is 66.7. The minimum Gasteiger partial charge on any atom is -0.491 e. The number of aryl methyl sites for hydroxylation is 1. The Balaban J connectivity index is 2.02. The van der Waals surface area contributed by atoms with Crippen LogP contribution in [0.25, 0.3) is 0 Å². The summed E-state index contributed by atoms with van der Waals surface area (Å²) in [5.41, 5.74) is 1.02. The lowest BCUT2D eigenvalue weighted by Crippen LogP contribution is -2.48. The first-order chi connectivity index (χ1) is 17.2. The predicted molar refractivity (Wildman–Crippen MR) is 142 cm³/mol. The smallest absolute Gasteiger partial charge is 0.262 e. The number of carbonyl (C=O) groups excluding carboxylic acids is 1. The molecule has 0 saturated carbocycles. The standard InChI is InChI=1S/C25H35N3O7S2/c1-17-9-7-8-10-24(17)37(32,33)26-20-11-12-21-22(13-20)35-16-19(3)28(36(6,30)31)14-18(2)23(34-5)15-27(4)25(21)29/h7-13,18-19,23,26H,14-16H2,1-6H3/t18-,19+,23-/m0/s1. The molecule has 0 aliphatic carbocycles. The number of fused-ring (bicyclic) bond motifs is 1. The number of hydrogen-bond acceptors (Lipinski definition) is 7. The number of methoxy groups -OCH3 is 1. The Hall–Kier alpha value is -2.67. The fraction of sp³-hybridized carbons (Fsp3) is 0.480. The molecule has 3 rings (SSSR count). The lowest BCUT2D eigenvalue weighted by Gasteiger charge is -2.34. The van der Waals surface area contributed by atoms with Gasteiger partial charge in [0.05, 0.1) is 34.5 Å². The molecule has 0 aromatic heterocycles. The number of amides is 1. The largest absolute Gasteiger partial charge is 0.491 e. The molecular formula is C25H35N3O7S2. The number of sulfonamides is 2. The Labute approximate surface area is 219 Å². The molecule has 0 spiro atoms. The second-order valence-corrected chi connectivity index (χ2v) is 13.1. The highest BCUT2D eigenvalue weighted by atomic mass is 32.2. The maximum Gasteiger partial charge on any atom is 0.262 e. The van der Waals surface area contributed by atoms with Crippen LogP contribution in [0.3, 0.4) is 0 Å². The first-order valence-corrected chi connectivity index (χ1v) is 15.2. The molecule has 1 amide bonds. The summed E-state index contributed by atoms with van der Waals surface area (Å²) in [6.07, 6.45) is 0.737. The number of likely N-dealkylation sites (N-methyl/N-ethyl adjacent to an activating group) is 1. The zero-order valence-electron chi connectivity index (χ0n) is 22.0. The highest BCUT2D eigenvalue weighted by Gasteiger charge is 2.32. The molecule has 3 atom stereocenters. The molecule has 1 N–H and O–H groups in total. The summed E-state index contributed by atoms with van der Waals surface area (Å²) in [6, 6.07) is 10.5. The van der Waals surface area contributed by atoms with Crippen molar-refractivity contribution < 1.29 is 31.1 Å². The van der Waals surface area contributed by atoms with Gasteiger partial charge in [-0.05, 0) is 43.5 Å². The van der Waals surface area contributed by atoms with Crippen molar-refractivity contribution in [1.29, 1.82) is 0 Å². The van der Waals surface area contributed by atoms with Crippen molar-refractivity contribution >= 4 is 31.6 Å². The van der Waals surface area contributed by atoms with E-state index in [-0.39, 0.29) is 53.4 Å². The Kier molecular flexibility index (Phi) is 8.89. The molecule has 0 radical (unpaired) electrons. The van der Waals surface area contributed by atoms with Gasteiger partial charge in [0.2, 0.25) is 10.0 Å². The van der Waals surface area contributed by atoms with Crippen LogP contribution in [-0.2, 0) is 24.8 Å². The molecule has 0 fully saturated rings. The number of anilines is 1. The van der Waals surface area contributed by atoms with Gasteiger partial charge in [0.1, 0.15) is 12.4 Å². The van der Waals surface area contributed by atoms with Crippen LogP contribution >= 0.6 is 0 Å². The van der Waals surface area contributed by atoms with Gasteiger partial charge in [0.25, 0.3) is 15.9 Å². The molecule has 37 heavy (non-hydrogen) atoms. The Morgan fingerprint density at radius 2 is 1.73 bits per heavy atom. The van der Waals surface area contributed by atoms with Crippen LogP contribution in [0.15, 0.2) is 47.4 Å². The van der Waals surface area contributed by atoms with Crippen molar-refractivity contribution in [2.24, 2.45) is 5.92 Å². The fourth-order valence-electron chi connectivity index (χ4n) is 4.33. The quantitative estimate of drug-likeness (QED) is 0.604. The van der Waals surface area contributed by atoms with Crippen molar-refractivity contribution in [3.8, 4) is 5.75 Å². The van der Waals surface area contributed by atoms with Crippen molar-refractivity contribution in [3.05, 3.63) is 53.6 Å². The minimum atomic E-state index is -3.90. The van der Waals surface area contributed by atoms with E-state index in [0.29, 0.717) is 5.56 Å². The molecule has 0 bridgehead atoms. The zero-order chi connectivity index (χ0) is 27.5. The molecule has 0 saturated heterocycles. The van der Waals surface area contributed by atoms with Gasteiger partial charge in [-0.1, -0.05) is 25.1 Å². The molecule has 0 unspecified atom stereocenters. The van der Waals surface area contributed by atoms with Gasteiger partial charge in [-0.2, -0.15) is 4.31 Å². The summed E-state index contributed by atoms with van der Waals surface area (Å²) >= 11 is 0. The van der Waals surface area contributed by atoms with Crippen LogP contribution in [0.2, 0.25) is 0 Å².